The van der Waals surface area contributed by atoms with Gasteiger partial charge in [0.2, 0.25) is 0 Å². The topological polar surface area (TPSA) is 6.48 Å². The fourth-order valence-electron chi connectivity index (χ4n) is 0.794. The van der Waals surface area contributed by atoms with Gasteiger partial charge >= 0.3 is 62.5 Å². The number of hydrogen-bond acceptors (Lipinski definition) is 2. The van der Waals surface area contributed by atoms with Gasteiger partial charge in [-0.25, -0.2) is 0 Å². The van der Waals surface area contributed by atoms with Crippen LogP contribution in [0.2, 0.25) is 0 Å². The average molecular weight is 280 g/mol. The first-order valence-electron chi connectivity index (χ1n) is 3.97. The SMILES string of the molecule is CCN1C=CN(C)C1.F[P-](F)(F)(F)(F)F.[Na+]. The third-order valence-corrected chi connectivity index (χ3v) is 1.34. The molecule has 1 aliphatic heterocycles. The summed E-state index contributed by atoms with van der Waals surface area (Å²) in [5, 5.41) is 0. The molecule has 0 saturated heterocycles. The zero-order chi connectivity index (χ0) is 12.4. The van der Waals surface area contributed by atoms with Crippen LogP contribution in [-0.2, 0) is 0 Å². The van der Waals surface area contributed by atoms with Gasteiger partial charge in [-0.05, 0) is 6.92 Å². The molecular weight excluding hydrogens is 268 g/mol. The van der Waals surface area contributed by atoms with E-state index in [1.54, 1.807) is 0 Å². The van der Waals surface area contributed by atoms with Gasteiger partial charge in [0.1, 0.15) is 0 Å². The maximum atomic E-state index is 9.87. The van der Waals surface area contributed by atoms with Crippen LogP contribution >= 0.6 is 7.81 Å². The van der Waals surface area contributed by atoms with E-state index in [-0.39, 0.29) is 29.6 Å². The van der Waals surface area contributed by atoms with Gasteiger partial charge in [0.05, 0.1) is 6.67 Å². The standard InChI is InChI=1S/C6H12N2.F6P.Na/c1-3-8-5-4-7(2)6-8;1-7(2,3,4,5)6;/h4-5H,3,6H2,1-2H3;;/q;-1;+1. The Hall–Kier alpha value is 0.350. The third kappa shape index (κ3) is 19.9. The molecule has 0 aromatic carbocycles. The van der Waals surface area contributed by atoms with Crippen LogP contribution in [0.15, 0.2) is 12.4 Å². The molecule has 0 spiro atoms. The molecule has 0 aromatic heterocycles. The van der Waals surface area contributed by atoms with Crippen molar-refractivity contribution in [1.82, 2.24) is 9.80 Å². The van der Waals surface area contributed by atoms with Crippen LogP contribution in [0, 0.1) is 0 Å². The smallest absolute Gasteiger partial charge is 1.00 e. The Morgan fingerprint density at radius 3 is 1.56 bits per heavy atom. The largest absolute Gasteiger partial charge is 1.00 e. The van der Waals surface area contributed by atoms with Gasteiger partial charge < -0.3 is 9.80 Å². The van der Waals surface area contributed by atoms with Crippen molar-refractivity contribution in [2.75, 3.05) is 20.3 Å². The summed E-state index contributed by atoms with van der Waals surface area (Å²) in [6, 6.07) is 0. The fourth-order valence-corrected chi connectivity index (χ4v) is 0.794. The maximum Gasteiger partial charge on any atom is 1.00 e. The van der Waals surface area contributed by atoms with E-state index < -0.39 is 7.81 Å². The molecule has 0 aromatic rings. The molecular formula is C6H12F6N2NaP. The van der Waals surface area contributed by atoms with Crippen molar-refractivity contribution in [2.24, 2.45) is 0 Å². The van der Waals surface area contributed by atoms with Crippen LogP contribution in [-0.4, -0.2) is 30.1 Å². The molecule has 0 amide bonds. The molecule has 16 heavy (non-hydrogen) atoms. The molecule has 1 heterocycles. The van der Waals surface area contributed by atoms with Crippen LogP contribution in [0.5, 0.6) is 0 Å². The second-order valence-electron chi connectivity index (χ2n) is 3.06. The normalized spacial score (nSPS) is 19.2. The first-order chi connectivity index (χ1) is 6.28. The molecule has 1 rings (SSSR count). The predicted octanol–water partition coefficient (Wildman–Crippen LogP) is 1.07. The molecule has 0 N–H and O–H groups in total. The van der Waals surface area contributed by atoms with Crippen LogP contribution in [0.1, 0.15) is 6.92 Å². The Bertz CT molecular complexity index is 238. The van der Waals surface area contributed by atoms with Gasteiger partial charge in [-0.2, -0.15) is 0 Å². The summed E-state index contributed by atoms with van der Waals surface area (Å²) in [5.41, 5.74) is 0. The Labute approximate surface area is 112 Å². The van der Waals surface area contributed by atoms with Crippen LogP contribution in [0.3, 0.4) is 0 Å². The molecule has 0 unspecified atom stereocenters. The summed E-state index contributed by atoms with van der Waals surface area (Å²) >= 11 is 0. The maximum absolute atomic E-state index is 10.7. The molecule has 0 fully saturated rings. The average Bonchev–Trinajstić information content (AvgIpc) is 2.28. The summed E-state index contributed by atoms with van der Waals surface area (Å²) in [6.45, 7) is 4.32. The van der Waals surface area contributed by atoms with Crippen molar-refractivity contribution >= 4 is 7.81 Å². The Kier molecular flexibility index (Phi) is 5.75. The van der Waals surface area contributed by atoms with Gasteiger partial charge in [0, 0.05) is 26.0 Å². The van der Waals surface area contributed by atoms with Crippen LogP contribution in [0.4, 0.5) is 25.2 Å². The van der Waals surface area contributed by atoms with E-state index in [9.17, 15) is 25.2 Å². The van der Waals surface area contributed by atoms with Gasteiger partial charge in [0.15, 0.2) is 0 Å². The third-order valence-electron chi connectivity index (χ3n) is 1.34. The van der Waals surface area contributed by atoms with E-state index in [1.807, 2.05) is 0 Å². The molecule has 0 saturated carbocycles. The van der Waals surface area contributed by atoms with Crippen molar-refractivity contribution in [3.05, 3.63) is 12.4 Å². The Morgan fingerprint density at radius 1 is 1.06 bits per heavy atom. The molecule has 0 atom stereocenters. The quantitative estimate of drug-likeness (QED) is 0.403. The monoisotopic (exact) mass is 280 g/mol. The van der Waals surface area contributed by atoms with Crippen LogP contribution in [0.25, 0.3) is 0 Å². The van der Waals surface area contributed by atoms with E-state index in [2.05, 4.69) is 36.2 Å². The van der Waals surface area contributed by atoms with Gasteiger partial charge in [-0.1, -0.05) is 0 Å². The van der Waals surface area contributed by atoms with E-state index in [1.165, 1.54) is 0 Å². The fraction of sp³-hybridized carbons (Fsp3) is 0.667. The second kappa shape index (κ2) is 4.92. The molecule has 10 heteroatoms. The van der Waals surface area contributed by atoms with Crippen molar-refractivity contribution < 1.29 is 54.7 Å². The van der Waals surface area contributed by atoms with Gasteiger partial charge in [-0.15, -0.1) is 0 Å². The molecule has 0 radical (unpaired) electrons. The second-order valence-corrected chi connectivity index (χ2v) is 4.98. The minimum absolute atomic E-state index is 0. The Balaban J connectivity index is 0. The summed E-state index contributed by atoms with van der Waals surface area (Å²) in [4.78, 5) is 4.41. The van der Waals surface area contributed by atoms with Gasteiger partial charge in [0.25, 0.3) is 0 Å². The molecule has 94 valence electrons. The number of halogens is 6. The first kappa shape index (κ1) is 18.7. The number of rotatable bonds is 1. The molecule has 0 bridgehead atoms. The predicted molar refractivity (Wildman–Crippen MR) is 47.7 cm³/mol. The zero-order valence-electron chi connectivity index (χ0n) is 9.18. The number of hydrogen-bond donors (Lipinski definition) is 0. The van der Waals surface area contributed by atoms with Gasteiger partial charge in [-0.3, -0.25) is 0 Å². The first-order valence-corrected chi connectivity index (χ1v) is 6.00. The zero-order valence-corrected chi connectivity index (χ0v) is 12.1. The summed E-state index contributed by atoms with van der Waals surface area (Å²) in [6.07, 6.45) is 4.20. The molecule has 2 nitrogen and oxygen atoms in total. The van der Waals surface area contributed by atoms with E-state index in [0.29, 0.717) is 0 Å². The minimum atomic E-state index is -10.7. The van der Waals surface area contributed by atoms with Crippen molar-refractivity contribution in [2.45, 2.75) is 6.92 Å². The summed E-state index contributed by atoms with van der Waals surface area (Å²) < 4.78 is 59.2. The van der Waals surface area contributed by atoms with Crippen LogP contribution < -0.4 is 29.6 Å². The minimum Gasteiger partial charge on any atom is 1.00 e. The van der Waals surface area contributed by atoms with Crippen molar-refractivity contribution in [3.63, 3.8) is 0 Å². The number of nitrogens with zero attached hydrogens (tertiary/aromatic N) is 2. The van der Waals surface area contributed by atoms with Crippen molar-refractivity contribution in [3.8, 4) is 0 Å². The van der Waals surface area contributed by atoms with E-state index >= 15 is 0 Å². The van der Waals surface area contributed by atoms with Crippen molar-refractivity contribution in [1.29, 1.82) is 0 Å². The van der Waals surface area contributed by atoms with E-state index in [0.717, 1.165) is 13.2 Å². The summed E-state index contributed by atoms with van der Waals surface area (Å²) in [7, 11) is -8.58. The molecule has 0 aliphatic carbocycles. The van der Waals surface area contributed by atoms with E-state index in [4.69, 9.17) is 0 Å². The molecule has 1 aliphatic rings. The Morgan fingerprint density at radius 2 is 1.44 bits per heavy atom. The summed E-state index contributed by atoms with van der Waals surface area (Å²) in [5.74, 6) is 0.